The van der Waals surface area contributed by atoms with Gasteiger partial charge < -0.3 is 10.4 Å². The minimum absolute atomic E-state index is 0.116. The van der Waals surface area contributed by atoms with Gasteiger partial charge in [0.1, 0.15) is 0 Å². The highest BCUT2D eigenvalue weighted by Crippen LogP contribution is 2.28. The van der Waals surface area contributed by atoms with Crippen molar-refractivity contribution in [3.63, 3.8) is 0 Å². The van der Waals surface area contributed by atoms with E-state index in [1.165, 1.54) is 0 Å². The molecule has 78 valence electrons. The van der Waals surface area contributed by atoms with Gasteiger partial charge in [0, 0.05) is 0 Å². The summed E-state index contributed by atoms with van der Waals surface area (Å²) in [5, 5.41) is 12.8. The molecule has 0 spiro atoms. The van der Waals surface area contributed by atoms with E-state index in [2.05, 4.69) is 19.2 Å². The molecule has 0 bridgehead atoms. The van der Waals surface area contributed by atoms with E-state index in [-0.39, 0.29) is 12.1 Å². The van der Waals surface area contributed by atoms with E-state index in [0.717, 1.165) is 5.56 Å². The molecule has 0 radical (unpaired) electrons. The van der Waals surface area contributed by atoms with Crippen molar-refractivity contribution in [3.05, 3.63) is 35.9 Å². The van der Waals surface area contributed by atoms with Gasteiger partial charge in [0.15, 0.2) is 0 Å². The van der Waals surface area contributed by atoms with Crippen molar-refractivity contribution in [3.8, 4) is 0 Å². The van der Waals surface area contributed by atoms with Gasteiger partial charge in [-0.05, 0) is 18.5 Å². The molecular weight excluding hydrogens is 174 g/mol. The van der Waals surface area contributed by atoms with Gasteiger partial charge in [-0.15, -0.1) is 0 Å². The minimum Gasteiger partial charge on any atom is -0.394 e. The minimum atomic E-state index is -0.318. The van der Waals surface area contributed by atoms with Gasteiger partial charge in [-0.2, -0.15) is 0 Å². The van der Waals surface area contributed by atoms with Crippen LogP contribution in [-0.4, -0.2) is 18.8 Å². The zero-order valence-corrected chi connectivity index (χ0v) is 9.12. The number of rotatable bonds is 4. The summed E-state index contributed by atoms with van der Waals surface area (Å²) in [6.07, 6.45) is 0. The first-order valence-corrected chi connectivity index (χ1v) is 5.02. The highest BCUT2D eigenvalue weighted by molar-refractivity contribution is 5.25. The van der Waals surface area contributed by atoms with Gasteiger partial charge >= 0.3 is 0 Å². The molecule has 1 atom stereocenters. The maximum Gasteiger partial charge on any atom is 0.0689 e. The number of nitrogens with one attached hydrogen (secondary N) is 1. The van der Waals surface area contributed by atoms with Gasteiger partial charge in [-0.1, -0.05) is 44.2 Å². The quantitative estimate of drug-likeness (QED) is 0.763. The molecule has 0 saturated carbocycles. The average Bonchev–Trinajstić information content (AvgIpc) is 2.22. The Morgan fingerprint density at radius 2 is 1.86 bits per heavy atom. The Labute approximate surface area is 86.0 Å². The van der Waals surface area contributed by atoms with Crippen LogP contribution in [0.15, 0.2) is 30.3 Å². The molecule has 0 aliphatic rings. The monoisotopic (exact) mass is 193 g/mol. The fourth-order valence-electron chi connectivity index (χ4n) is 1.85. The maximum atomic E-state index is 9.54. The summed E-state index contributed by atoms with van der Waals surface area (Å²) < 4.78 is 0. The molecule has 0 aliphatic heterocycles. The SMILES string of the molecule is CNC(CO)(c1ccccc1)C(C)C. The van der Waals surface area contributed by atoms with E-state index in [1.54, 1.807) is 0 Å². The zero-order valence-electron chi connectivity index (χ0n) is 9.12. The molecule has 1 aromatic rings. The molecule has 1 rings (SSSR count). The van der Waals surface area contributed by atoms with Crippen LogP contribution in [0.4, 0.5) is 0 Å². The normalized spacial score (nSPS) is 15.5. The van der Waals surface area contributed by atoms with Crippen LogP contribution < -0.4 is 5.32 Å². The third kappa shape index (κ3) is 1.81. The second-order valence-corrected chi connectivity index (χ2v) is 3.90. The third-order valence-corrected chi connectivity index (χ3v) is 2.97. The van der Waals surface area contributed by atoms with Gasteiger partial charge in [0.05, 0.1) is 12.1 Å². The van der Waals surface area contributed by atoms with Crippen molar-refractivity contribution >= 4 is 0 Å². The molecule has 0 saturated heterocycles. The maximum absolute atomic E-state index is 9.54. The second-order valence-electron chi connectivity index (χ2n) is 3.90. The molecule has 14 heavy (non-hydrogen) atoms. The van der Waals surface area contributed by atoms with Crippen molar-refractivity contribution < 1.29 is 5.11 Å². The summed E-state index contributed by atoms with van der Waals surface area (Å²) in [5.41, 5.74) is 0.821. The Balaban J connectivity index is 3.11. The van der Waals surface area contributed by atoms with Gasteiger partial charge in [0.25, 0.3) is 0 Å². The summed E-state index contributed by atoms with van der Waals surface area (Å²) in [6.45, 7) is 4.34. The van der Waals surface area contributed by atoms with Crippen LogP contribution in [0, 0.1) is 5.92 Å². The first kappa shape index (κ1) is 11.2. The lowest BCUT2D eigenvalue weighted by Gasteiger charge is -2.36. The fraction of sp³-hybridized carbons (Fsp3) is 0.500. The van der Waals surface area contributed by atoms with Crippen LogP contribution in [0.5, 0.6) is 0 Å². The topological polar surface area (TPSA) is 32.3 Å². The van der Waals surface area contributed by atoms with Crippen molar-refractivity contribution in [1.82, 2.24) is 5.32 Å². The Bertz CT molecular complexity index is 265. The summed E-state index contributed by atoms with van der Waals surface area (Å²) in [4.78, 5) is 0. The zero-order chi connectivity index (χ0) is 10.6. The van der Waals surface area contributed by atoms with Gasteiger partial charge in [0.2, 0.25) is 0 Å². The van der Waals surface area contributed by atoms with E-state index in [4.69, 9.17) is 0 Å². The Kier molecular flexibility index (Phi) is 3.67. The van der Waals surface area contributed by atoms with E-state index in [9.17, 15) is 5.11 Å². The average molecular weight is 193 g/mol. The number of hydrogen-bond donors (Lipinski definition) is 2. The van der Waals surface area contributed by atoms with Crippen LogP contribution in [0.3, 0.4) is 0 Å². The van der Waals surface area contributed by atoms with Crippen LogP contribution in [0.25, 0.3) is 0 Å². The third-order valence-electron chi connectivity index (χ3n) is 2.97. The largest absolute Gasteiger partial charge is 0.394 e. The van der Waals surface area contributed by atoms with Crippen LogP contribution >= 0.6 is 0 Å². The van der Waals surface area contributed by atoms with Crippen LogP contribution in [0.2, 0.25) is 0 Å². The number of aliphatic hydroxyl groups excluding tert-OH is 1. The summed E-state index contributed by atoms with van der Waals surface area (Å²) >= 11 is 0. The van der Waals surface area contributed by atoms with Gasteiger partial charge in [-0.3, -0.25) is 0 Å². The molecule has 1 aromatic carbocycles. The highest BCUT2D eigenvalue weighted by Gasteiger charge is 2.32. The second kappa shape index (κ2) is 4.58. The molecule has 1 unspecified atom stereocenters. The lowest BCUT2D eigenvalue weighted by atomic mass is 9.80. The standard InChI is InChI=1S/C12H19NO/c1-10(2)12(9-14,13-3)11-7-5-4-6-8-11/h4-8,10,13-14H,9H2,1-3H3. The summed E-state index contributed by atoms with van der Waals surface area (Å²) in [6, 6.07) is 10.1. The first-order valence-electron chi connectivity index (χ1n) is 5.02. The smallest absolute Gasteiger partial charge is 0.0689 e. The molecule has 0 fully saturated rings. The Hall–Kier alpha value is -0.860. The predicted octanol–water partition coefficient (Wildman–Crippen LogP) is 1.75. The summed E-state index contributed by atoms with van der Waals surface area (Å²) in [5.74, 6) is 0.347. The lowest BCUT2D eigenvalue weighted by molar-refractivity contribution is 0.125. The Morgan fingerprint density at radius 1 is 1.29 bits per heavy atom. The van der Waals surface area contributed by atoms with Crippen LogP contribution in [-0.2, 0) is 5.54 Å². The van der Waals surface area contributed by atoms with Crippen LogP contribution in [0.1, 0.15) is 19.4 Å². The molecule has 0 amide bonds. The van der Waals surface area contributed by atoms with E-state index < -0.39 is 0 Å². The number of aliphatic hydroxyl groups is 1. The molecule has 0 heterocycles. The van der Waals surface area contributed by atoms with Crippen molar-refractivity contribution in [1.29, 1.82) is 0 Å². The van der Waals surface area contributed by atoms with Crippen molar-refractivity contribution in [2.45, 2.75) is 19.4 Å². The number of likely N-dealkylation sites (N-methyl/N-ethyl adjacent to an activating group) is 1. The fourth-order valence-corrected chi connectivity index (χ4v) is 1.85. The molecule has 2 N–H and O–H groups in total. The predicted molar refractivity (Wildman–Crippen MR) is 59.1 cm³/mol. The molecule has 2 heteroatoms. The molecule has 2 nitrogen and oxygen atoms in total. The van der Waals surface area contributed by atoms with Gasteiger partial charge in [-0.25, -0.2) is 0 Å². The Morgan fingerprint density at radius 3 is 2.21 bits per heavy atom. The van der Waals surface area contributed by atoms with E-state index in [0.29, 0.717) is 5.92 Å². The van der Waals surface area contributed by atoms with Crippen molar-refractivity contribution in [2.24, 2.45) is 5.92 Å². The number of hydrogen-bond acceptors (Lipinski definition) is 2. The summed E-state index contributed by atoms with van der Waals surface area (Å²) in [7, 11) is 1.89. The number of benzene rings is 1. The molecule has 0 aliphatic carbocycles. The highest BCUT2D eigenvalue weighted by atomic mass is 16.3. The molecule has 0 aromatic heterocycles. The first-order chi connectivity index (χ1) is 6.67. The lowest BCUT2D eigenvalue weighted by Crippen LogP contribution is -2.47. The van der Waals surface area contributed by atoms with E-state index in [1.807, 2.05) is 37.4 Å². The van der Waals surface area contributed by atoms with E-state index >= 15 is 0 Å². The molecular formula is C12H19NO. The van der Waals surface area contributed by atoms with Crippen molar-refractivity contribution in [2.75, 3.05) is 13.7 Å².